The fourth-order valence-electron chi connectivity index (χ4n) is 1.87. The number of ether oxygens (including phenoxy) is 2. The smallest absolute Gasteiger partial charge is 0.303 e. The summed E-state index contributed by atoms with van der Waals surface area (Å²) < 4.78 is 10.8. The maximum absolute atomic E-state index is 10.5. The summed E-state index contributed by atoms with van der Waals surface area (Å²) in [6.07, 6.45) is 1.44. The van der Waals surface area contributed by atoms with Gasteiger partial charge >= 0.3 is 5.97 Å². The molecule has 86 valence electrons. The molecule has 1 atom stereocenters. The predicted molar refractivity (Wildman–Crippen MR) is 58.0 cm³/mol. The second kappa shape index (κ2) is 4.43. The molecule has 0 radical (unpaired) electrons. The zero-order valence-electron chi connectivity index (χ0n) is 9.10. The quantitative estimate of drug-likeness (QED) is 0.844. The molecule has 0 aromatic heterocycles. The van der Waals surface area contributed by atoms with Gasteiger partial charge in [-0.25, -0.2) is 0 Å². The SMILES string of the molecule is COc1ccc2c(c1)CC(CCC(=O)O)O2. The summed E-state index contributed by atoms with van der Waals surface area (Å²) in [5, 5.41) is 8.60. The monoisotopic (exact) mass is 222 g/mol. The molecule has 0 spiro atoms. The van der Waals surface area contributed by atoms with Crippen molar-refractivity contribution >= 4 is 5.97 Å². The van der Waals surface area contributed by atoms with Crippen molar-refractivity contribution in [1.29, 1.82) is 0 Å². The number of benzene rings is 1. The number of methoxy groups -OCH3 is 1. The van der Waals surface area contributed by atoms with Crippen LogP contribution in [-0.2, 0) is 11.2 Å². The van der Waals surface area contributed by atoms with Crippen molar-refractivity contribution in [2.24, 2.45) is 0 Å². The highest BCUT2D eigenvalue weighted by atomic mass is 16.5. The third-order valence-electron chi connectivity index (χ3n) is 2.69. The first kappa shape index (κ1) is 10.8. The van der Waals surface area contributed by atoms with Crippen LogP contribution in [0.15, 0.2) is 18.2 Å². The van der Waals surface area contributed by atoms with Crippen molar-refractivity contribution in [3.63, 3.8) is 0 Å². The summed E-state index contributed by atoms with van der Waals surface area (Å²) in [4.78, 5) is 10.5. The fourth-order valence-corrected chi connectivity index (χ4v) is 1.87. The van der Waals surface area contributed by atoms with Crippen LogP contribution in [0.5, 0.6) is 11.5 Å². The highest BCUT2D eigenvalue weighted by molar-refractivity contribution is 5.66. The van der Waals surface area contributed by atoms with Crippen molar-refractivity contribution in [3.8, 4) is 11.5 Å². The van der Waals surface area contributed by atoms with Gasteiger partial charge in [0.15, 0.2) is 0 Å². The van der Waals surface area contributed by atoms with E-state index in [-0.39, 0.29) is 12.5 Å². The first-order valence-corrected chi connectivity index (χ1v) is 5.24. The van der Waals surface area contributed by atoms with E-state index in [0.717, 1.165) is 23.5 Å². The zero-order valence-corrected chi connectivity index (χ0v) is 9.10. The molecule has 1 unspecified atom stereocenters. The average Bonchev–Trinajstić information content (AvgIpc) is 2.67. The standard InChI is InChI=1S/C12H14O4/c1-15-9-2-4-11-8(6-9)7-10(16-11)3-5-12(13)14/h2,4,6,10H,3,5,7H2,1H3,(H,13,14). The van der Waals surface area contributed by atoms with Crippen molar-refractivity contribution in [2.45, 2.75) is 25.4 Å². The van der Waals surface area contributed by atoms with E-state index in [4.69, 9.17) is 14.6 Å². The molecule has 1 heterocycles. The van der Waals surface area contributed by atoms with Crippen molar-refractivity contribution in [1.82, 2.24) is 0 Å². The number of rotatable bonds is 4. The average molecular weight is 222 g/mol. The van der Waals surface area contributed by atoms with Crippen LogP contribution in [0.25, 0.3) is 0 Å². The van der Waals surface area contributed by atoms with Gasteiger partial charge in [-0.15, -0.1) is 0 Å². The van der Waals surface area contributed by atoms with E-state index in [1.165, 1.54) is 0 Å². The number of hydrogen-bond acceptors (Lipinski definition) is 3. The fraction of sp³-hybridized carbons (Fsp3) is 0.417. The molecule has 0 amide bonds. The van der Waals surface area contributed by atoms with E-state index in [1.807, 2.05) is 18.2 Å². The molecular formula is C12H14O4. The van der Waals surface area contributed by atoms with Crippen LogP contribution in [0.1, 0.15) is 18.4 Å². The van der Waals surface area contributed by atoms with E-state index in [1.54, 1.807) is 7.11 Å². The van der Waals surface area contributed by atoms with E-state index in [0.29, 0.717) is 6.42 Å². The molecule has 1 aromatic carbocycles. The van der Waals surface area contributed by atoms with Gasteiger partial charge in [0.1, 0.15) is 17.6 Å². The highest BCUT2D eigenvalue weighted by Gasteiger charge is 2.23. The lowest BCUT2D eigenvalue weighted by atomic mass is 10.1. The van der Waals surface area contributed by atoms with E-state index >= 15 is 0 Å². The second-order valence-electron chi connectivity index (χ2n) is 3.85. The molecule has 2 rings (SSSR count). The van der Waals surface area contributed by atoms with Crippen LogP contribution < -0.4 is 9.47 Å². The number of aliphatic carboxylic acids is 1. The Morgan fingerprint density at radius 3 is 3.12 bits per heavy atom. The minimum Gasteiger partial charge on any atom is -0.497 e. The molecule has 0 fully saturated rings. The molecule has 4 heteroatoms. The van der Waals surface area contributed by atoms with Crippen LogP contribution in [0.2, 0.25) is 0 Å². The minimum absolute atomic E-state index is 0.0155. The predicted octanol–water partition coefficient (Wildman–Crippen LogP) is 1.86. The van der Waals surface area contributed by atoms with E-state index < -0.39 is 5.97 Å². The van der Waals surface area contributed by atoms with Gasteiger partial charge in [0.05, 0.1) is 7.11 Å². The van der Waals surface area contributed by atoms with E-state index in [2.05, 4.69) is 0 Å². The van der Waals surface area contributed by atoms with Gasteiger partial charge in [0.25, 0.3) is 0 Å². The molecule has 1 aliphatic rings. The maximum Gasteiger partial charge on any atom is 0.303 e. The normalized spacial score (nSPS) is 17.7. The Morgan fingerprint density at radius 1 is 1.62 bits per heavy atom. The van der Waals surface area contributed by atoms with Crippen LogP contribution >= 0.6 is 0 Å². The molecule has 16 heavy (non-hydrogen) atoms. The van der Waals surface area contributed by atoms with Crippen LogP contribution in [0.4, 0.5) is 0 Å². The Hall–Kier alpha value is -1.71. The van der Waals surface area contributed by atoms with Crippen molar-refractivity contribution < 1.29 is 19.4 Å². The van der Waals surface area contributed by atoms with Crippen LogP contribution in [-0.4, -0.2) is 24.3 Å². The molecule has 1 aliphatic heterocycles. The summed E-state index contributed by atoms with van der Waals surface area (Å²) in [5.41, 5.74) is 1.09. The van der Waals surface area contributed by atoms with Gasteiger partial charge in [0.2, 0.25) is 0 Å². The van der Waals surface area contributed by atoms with Gasteiger partial charge in [-0.2, -0.15) is 0 Å². The second-order valence-corrected chi connectivity index (χ2v) is 3.85. The van der Waals surface area contributed by atoms with Gasteiger partial charge in [-0.05, 0) is 24.6 Å². The zero-order chi connectivity index (χ0) is 11.5. The Balaban J connectivity index is 2.00. The number of fused-ring (bicyclic) bond motifs is 1. The first-order valence-electron chi connectivity index (χ1n) is 5.24. The Kier molecular flexibility index (Phi) is 2.99. The Labute approximate surface area is 93.8 Å². The largest absolute Gasteiger partial charge is 0.497 e. The lowest BCUT2D eigenvalue weighted by Gasteiger charge is -2.08. The Bertz CT molecular complexity index is 400. The van der Waals surface area contributed by atoms with Gasteiger partial charge in [0, 0.05) is 18.4 Å². The van der Waals surface area contributed by atoms with Crippen LogP contribution in [0, 0.1) is 0 Å². The maximum atomic E-state index is 10.5. The van der Waals surface area contributed by atoms with Gasteiger partial charge in [-0.1, -0.05) is 0 Å². The molecule has 0 bridgehead atoms. The topological polar surface area (TPSA) is 55.8 Å². The third-order valence-corrected chi connectivity index (χ3v) is 2.69. The molecular weight excluding hydrogens is 208 g/mol. The molecule has 0 aliphatic carbocycles. The molecule has 1 aromatic rings. The summed E-state index contributed by atoms with van der Waals surface area (Å²) in [7, 11) is 1.62. The minimum atomic E-state index is -0.780. The molecule has 1 N–H and O–H groups in total. The lowest BCUT2D eigenvalue weighted by molar-refractivity contribution is -0.137. The summed E-state index contributed by atoms with van der Waals surface area (Å²) in [6, 6.07) is 5.66. The van der Waals surface area contributed by atoms with E-state index in [9.17, 15) is 4.79 Å². The summed E-state index contributed by atoms with van der Waals surface area (Å²) in [6.45, 7) is 0. The first-order chi connectivity index (χ1) is 7.69. The molecule has 4 nitrogen and oxygen atoms in total. The Morgan fingerprint density at radius 2 is 2.44 bits per heavy atom. The van der Waals surface area contributed by atoms with Crippen molar-refractivity contribution in [2.75, 3.05) is 7.11 Å². The lowest BCUT2D eigenvalue weighted by Crippen LogP contribution is -2.14. The number of hydrogen-bond donors (Lipinski definition) is 1. The van der Waals surface area contributed by atoms with Crippen molar-refractivity contribution in [3.05, 3.63) is 23.8 Å². The molecule has 0 saturated carbocycles. The van der Waals surface area contributed by atoms with Crippen LogP contribution in [0.3, 0.4) is 0 Å². The summed E-state index contributed by atoms with van der Waals surface area (Å²) in [5.74, 6) is 0.870. The number of carbonyl (C=O) groups is 1. The number of carboxylic acids is 1. The van der Waals surface area contributed by atoms with Gasteiger partial charge < -0.3 is 14.6 Å². The van der Waals surface area contributed by atoms with Gasteiger partial charge in [-0.3, -0.25) is 4.79 Å². The molecule has 0 saturated heterocycles. The summed E-state index contributed by atoms with van der Waals surface area (Å²) >= 11 is 0. The third kappa shape index (κ3) is 2.27. The highest BCUT2D eigenvalue weighted by Crippen LogP contribution is 2.33. The number of carboxylic acid groups (broad SMARTS) is 1.